The first-order valence-corrected chi connectivity index (χ1v) is 15.6. The van der Waals surface area contributed by atoms with Gasteiger partial charge in [0.1, 0.15) is 5.75 Å². The molecule has 9 heteroatoms. The van der Waals surface area contributed by atoms with Crippen molar-refractivity contribution in [1.82, 2.24) is 20.1 Å². The minimum absolute atomic E-state index is 0.0583. The molecule has 4 heterocycles. The van der Waals surface area contributed by atoms with Crippen molar-refractivity contribution in [3.8, 4) is 5.75 Å². The second-order valence-electron chi connectivity index (χ2n) is 12.2. The third-order valence-corrected chi connectivity index (χ3v) is 9.29. The molecule has 3 aromatic rings. The number of methoxy groups -OCH3 is 1. The summed E-state index contributed by atoms with van der Waals surface area (Å²) in [6, 6.07) is 12.8. The molecule has 0 bridgehead atoms. The lowest BCUT2D eigenvalue weighted by molar-refractivity contribution is -0.110. The van der Waals surface area contributed by atoms with E-state index in [4.69, 9.17) is 4.74 Å². The lowest BCUT2D eigenvalue weighted by Gasteiger charge is -2.28. The van der Waals surface area contributed by atoms with Gasteiger partial charge in [0.2, 0.25) is 0 Å². The van der Waals surface area contributed by atoms with E-state index in [-0.39, 0.29) is 29.8 Å². The van der Waals surface area contributed by atoms with Crippen LogP contribution in [-0.2, 0) is 4.79 Å². The number of carbonyl (C=O) groups is 3. The lowest BCUT2D eigenvalue weighted by atomic mass is 10.0. The van der Waals surface area contributed by atoms with E-state index in [1.54, 1.807) is 31.4 Å². The number of rotatable bonds is 8. The molecule has 9 nitrogen and oxygen atoms in total. The summed E-state index contributed by atoms with van der Waals surface area (Å²) in [5, 5.41) is 5.96. The Hall–Kier alpha value is -4.37. The molecule has 2 unspecified atom stereocenters. The Morgan fingerprint density at radius 1 is 1.09 bits per heavy atom. The molecule has 3 N–H and O–H groups in total. The molecular weight excluding hydrogens is 554 g/mol. The topological polar surface area (TPSA) is 107 Å². The summed E-state index contributed by atoms with van der Waals surface area (Å²) in [5.74, 6) is 0.299. The number of aromatic amines is 1. The molecule has 2 atom stereocenters. The van der Waals surface area contributed by atoms with Crippen molar-refractivity contribution in [2.45, 2.75) is 58.5 Å². The van der Waals surface area contributed by atoms with E-state index in [9.17, 15) is 14.4 Å². The first-order chi connectivity index (χ1) is 21.2. The summed E-state index contributed by atoms with van der Waals surface area (Å²) in [5.41, 5.74) is 6.17. The zero-order chi connectivity index (χ0) is 31.0. The molecule has 3 aliphatic heterocycles. The van der Waals surface area contributed by atoms with E-state index < -0.39 is 0 Å². The van der Waals surface area contributed by atoms with Crippen LogP contribution in [0.15, 0.2) is 42.5 Å². The molecule has 0 saturated carbocycles. The van der Waals surface area contributed by atoms with Gasteiger partial charge >= 0.3 is 0 Å². The Bertz CT molecular complexity index is 1630. The predicted molar refractivity (Wildman–Crippen MR) is 172 cm³/mol. The van der Waals surface area contributed by atoms with Crippen LogP contribution >= 0.6 is 0 Å². The number of nitrogens with zero attached hydrogens (tertiary/aromatic N) is 2. The molecule has 230 valence electrons. The van der Waals surface area contributed by atoms with Crippen LogP contribution in [-0.4, -0.2) is 71.8 Å². The van der Waals surface area contributed by atoms with Gasteiger partial charge in [-0.2, -0.15) is 0 Å². The Labute approximate surface area is 258 Å². The normalized spacial score (nSPS) is 19.7. The van der Waals surface area contributed by atoms with Crippen LogP contribution in [0.1, 0.15) is 87.4 Å². The number of nitrogens with one attached hydrogen (secondary N) is 3. The molecule has 44 heavy (non-hydrogen) atoms. The fraction of sp³-hybridized carbons (Fsp3) is 0.400. The van der Waals surface area contributed by atoms with Crippen LogP contribution in [0.5, 0.6) is 5.75 Å². The summed E-state index contributed by atoms with van der Waals surface area (Å²) < 4.78 is 5.32. The highest BCUT2D eigenvalue weighted by molar-refractivity contribution is 6.35. The summed E-state index contributed by atoms with van der Waals surface area (Å²) in [6.45, 7) is 9.72. The first kappa shape index (κ1) is 29.7. The number of aromatic nitrogens is 1. The lowest BCUT2D eigenvalue weighted by Crippen LogP contribution is -2.42. The van der Waals surface area contributed by atoms with Gasteiger partial charge in [0.05, 0.1) is 24.3 Å². The highest BCUT2D eigenvalue weighted by atomic mass is 16.5. The van der Waals surface area contributed by atoms with Gasteiger partial charge in [-0.05, 0) is 107 Å². The van der Waals surface area contributed by atoms with Crippen LogP contribution in [0, 0.1) is 13.8 Å². The summed E-state index contributed by atoms with van der Waals surface area (Å²) in [6.07, 6.45) is 6.33. The largest absolute Gasteiger partial charge is 0.497 e. The second kappa shape index (κ2) is 12.3. The monoisotopic (exact) mass is 595 g/mol. The fourth-order valence-electron chi connectivity index (χ4n) is 6.83. The smallest absolute Gasteiger partial charge is 0.256 e. The zero-order valence-corrected chi connectivity index (χ0v) is 26.0. The zero-order valence-electron chi connectivity index (χ0n) is 26.0. The fourth-order valence-corrected chi connectivity index (χ4v) is 6.83. The summed E-state index contributed by atoms with van der Waals surface area (Å²) >= 11 is 0. The number of hydrogen-bond donors (Lipinski definition) is 3. The van der Waals surface area contributed by atoms with Crippen molar-refractivity contribution in [3.63, 3.8) is 0 Å². The Morgan fingerprint density at radius 2 is 1.89 bits per heavy atom. The maximum absolute atomic E-state index is 13.9. The standard InChI is InChI=1S/C35H41N5O4/c1-21-31(36-23(3)32(21)35(43)40-16-8-10-26(40)20-39-14-5-6-15-39)19-29-28-18-25(12-13-30(28)38-34(29)42)33(41)37-22(2)24-9-7-11-27(17-24)44-4/h7,9,11-13,17-19,22,26,36H,5-6,8,10,14-16,20H2,1-4H3,(H,37,41)(H,38,42). The third kappa shape index (κ3) is 5.76. The van der Waals surface area contributed by atoms with E-state index in [0.717, 1.165) is 67.3 Å². The number of H-pyrrole nitrogens is 1. The van der Waals surface area contributed by atoms with Crippen molar-refractivity contribution in [3.05, 3.63) is 81.7 Å². The van der Waals surface area contributed by atoms with E-state index >= 15 is 0 Å². The second-order valence-corrected chi connectivity index (χ2v) is 12.2. The van der Waals surface area contributed by atoms with Gasteiger partial charge in [0, 0.05) is 47.3 Å². The van der Waals surface area contributed by atoms with Crippen molar-refractivity contribution in [1.29, 1.82) is 0 Å². The number of amides is 3. The third-order valence-electron chi connectivity index (χ3n) is 9.29. The predicted octanol–water partition coefficient (Wildman–Crippen LogP) is 5.32. The molecule has 0 aliphatic carbocycles. The van der Waals surface area contributed by atoms with E-state index in [1.807, 2.05) is 49.9 Å². The van der Waals surface area contributed by atoms with Crippen LogP contribution in [0.25, 0.3) is 11.6 Å². The maximum Gasteiger partial charge on any atom is 0.256 e. The highest BCUT2D eigenvalue weighted by Gasteiger charge is 2.34. The molecule has 6 rings (SSSR count). The van der Waals surface area contributed by atoms with Crippen LogP contribution < -0.4 is 15.4 Å². The van der Waals surface area contributed by atoms with E-state index in [0.29, 0.717) is 28.0 Å². The molecular formula is C35H41N5O4. The number of hydrogen-bond acceptors (Lipinski definition) is 5. The Kier molecular flexibility index (Phi) is 8.31. The SMILES string of the molecule is COc1cccc(C(C)NC(=O)c2ccc3c(c2)C(=Cc2[nH]c(C)c(C(=O)N4CCCC4CN4CCCC4)c2C)C(=O)N3)c1. The van der Waals surface area contributed by atoms with Gasteiger partial charge in [-0.15, -0.1) is 0 Å². The Morgan fingerprint density at radius 3 is 2.66 bits per heavy atom. The van der Waals surface area contributed by atoms with Gasteiger partial charge in [-0.3, -0.25) is 14.4 Å². The average molecular weight is 596 g/mol. The molecule has 3 aliphatic rings. The number of aryl methyl sites for hydroxylation is 1. The molecule has 1 aromatic heterocycles. The van der Waals surface area contributed by atoms with Crippen LogP contribution in [0.4, 0.5) is 5.69 Å². The summed E-state index contributed by atoms with van der Waals surface area (Å²) in [7, 11) is 1.61. The minimum Gasteiger partial charge on any atom is -0.497 e. The van der Waals surface area contributed by atoms with Crippen molar-refractivity contribution < 1.29 is 19.1 Å². The van der Waals surface area contributed by atoms with Crippen molar-refractivity contribution >= 4 is 35.1 Å². The van der Waals surface area contributed by atoms with Gasteiger partial charge in [0.25, 0.3) is 17.7 Å². The number of ether oxygens (including phenoxy) is 1. The van der Waals surface area contributed by atoms with Crippen LogP contribution in [0.3, 0.4) is 0 Å². The van der Waals surface area contributed by atoms with E-state index in [2.05, 4.69) is 20.5 Å². The number of benzene rings is 2. The quantitative estimate of drug-likeness (QED) is 0.306. The molecule has 2 aromatic carbocycles. The molecule has 0 spiro atoms. The number of fused-ring (bicyclic) bond motifs is 1. The molecule has 0 radical (unpaired) electrons. The molecule has 2 fully saturated rings. The van der Waals surface area contributed by atoms with Crippen molar-refractivity contribution in [2.24, 2.45) is 0 Å². The number of anilines is 1. The van der Waals surface area contributed by atoms with Crippen molar-refractivity contribution in [2.75, 3.05) is 38.6 Å². The van der Waals surface area contributed by atoms with Gasteiger partial charge in [0.15, 0.2) is 0 Å². The van der Waals surface area contributed by atoms with Gasteiger partial charge in [-0.25, -0.2) is 0 Å². The first-order valence-electron chi connectivity index (χ1n) is 15.6. The average Bonchev–Trinajstić information content (AvgIpc) is 3.81. The minimum atomic E-state index is -0.244. The molecule has 2 saturated heterocycles. The number of carbonyl (C=O) groups excluding carboxylic acids is 3. The van der Waals surface area contributed by atoms with E-state index in [1.165, 1.54) is 12.8 Å². The van der Waals surface area contributed by atoms with Gasteiger partial charge < -0.3 is 30.2 Å². The highest BCUT2D eigenvalue weighted by Crippen LogP contribution is 2.35. The number of likely N-dealkylation sites (tertiary alicyclic amines) is 2. The molecule has 3 amide bonds. The Balaban J connectivity index is 1.23. The summed E-state index contributed by atoms with van der Waals surface area (Å²) in [4.78, 5) is 48.1. The van der Waals surface area contributed by atoms with Crippen LogP contribution in [0.2, 0.25) is 0 Å². The maximum atomic E-state index is 13.9. The van der Waals surface area contributed by atoms with Gasteiger partial charge in [-0.1, -0.05) is 12.1 Å².